The minimum absolute atomic E-state index is 0.0551. The molecule has 210 valence electrons. The summed E-state index contributed by atoms with van der Waals surface area (Å²) < 4.78 is 84.8. The fourth-order valence-corrected chi connectivity index (χ4v) is 6.47. The highest BCUT2D eigenvalue weighted by Crippen LogP contribution is 2.47. The van der Waals surface area contributed by atoms with E-state index in [-0.39, 0.29) is 28.8 Å². The van der Waals surface area contributed by atoms with E-state index in [0.29, 0.717) is 16.3 Å². The second-order valence-electron chi connectivity index (χ2n) is 10.9. The van der Waals surface area contributed by atoms with E-state index in [0.717, 1.165) is 55.0 Å². The third kappa shape index (κ3) is 4.17. The van der Waals surface area contributed by atoms with Crippen molar-refractivity contribution in [1.29, 1.82) is 0 Å². The van der Waals surface area contributed by atoms with E-state index in [1.807, 2.05) is 84.9 Å². The third-order valence-corrected chi connectivity index (χ3v) is 8.43. The van der Waals surface area contributed by atoms with E-state index in [1.54, 1.807) is 0 Å². The maximum Gasteiger partial charge on any atom is 0.136 e. The maximum absolute atomic E-state index is 9.33. The summed E-state index contributed by atoms with van der Waals surface area (Å²) in [5, 5.41) is 4.98. The molecule has 0 spiro atoms. The first-order valence-electron chi connectivity index (χ1n) is 19.2. The van der Waals surface area contributed by atoms with Gasteiger partial charge in [-0.2, -0.15) is 0 Å². The zero-order valence-electron chi connectivity index (χ0n) is 32.9. The van der Waals surface area contributed by atoms with Crippen LogP contribution in [0.25, 0.3) is 88.0 Å². The van der Waals surface area contributed by atoms with Crippen molar-refractivity contribution in [3.05, 3.63) is 170 Å². The van der Waals surface area contributed by atoms with Crippen molar-refractivity contribution in [1.82, 2.24) is 0 Å². The zero-order valence-corrected chi connectivity index (χ0v) is 23.9. The lowest BCUT2D eigenvalue weighted by Crippen LogP contribution is -1.91. The largest absolute Gasteiger partial charge is 0.456 e. The van der Waals surface area contributed by atoms with Crippen LogP contribution in [-0.2, 0) is 0 Å². The van der Waals surface area contributed by atoms with Gasteiger partial charge in [0.15, 0.2) is 0 Å². The zero-order chi connectivity index (χ0) is 37.6. The van der Waals surface area contributed by atoms with Crippen molar-refractivity contribution < 1.29 is 16.8 Å². The van der Waals surface area contributed by atoms with Crippen LogP contribution < -0.4 is 0 Å². The summed E-state index contributed by atoms with van der Waals surface area (Å²) in [4.78, 5) is 0. The number of furan rings is 1. The fourth-order valence-electron chi connectivity index (χ4n) is 6.47. The smallest absolute Gasteiger partial charge is 0.136 e. The van der Waals surface area contributed by atoms with Gasteiger partial charge in [0.1, 0.15) is 11.2 Å². The molecule has 0 amide bonds. The van der Waals surface area contributed by atoms with Gasteiger partial charge in [0.25, 0.3) is 0 Å². The van der Waals surface area contributed by atoms with E-state index in [1.165, 1.54) is 0 Å². The summed E-state index contributed by atoms with van der Waals surface area (Å²) in [5.74, 6) is 0. The second kappa shape index (κ2) is 10.4. The van der Waals surface area contributed by atoms with Crippen LogP contribution in [0.3, 0.4) is 0 Å². The molecule has 0 fully saturated rings. The Bertz CT molecular complexity index is 2930. The highest BCUT2D eigenvalue weighted by molar-refractivity contribution is 6.25. The molecule has 1 heteroatoms. The Morgan fingerprint density at radius 3 is 1.67 bits per heavy atom. The van der Waals surface area contributed by atoms with Crippen molar-refractivity contribution in [3.63, 3.8) is 0 Å². The van der Waals surface area contributed by atoms with Crippen molar-refractivity contribution in [2.45, 2.75) is 0 Å². The van der Waals surface area contributed by atoms with Gasteiger partial charge < -0.3 is 4.42 Å². The van der Waals surface area contributed by atoms with E-state index < -0.39 is 42.3 Å². The molecule has 9 rings (SSSR count). The number of fused-ring (bicyclic) bond motifs is 5. The van der Waals surface area contributed by atoms with Gasteiger partial charge in [-0.05, 0) is 84.3 Å². The van der Waals surface area contributed by atoms with Crippen LogP contribution in [0.15, 0.2) is 174 Å². The standard InChI is InChI=1S/C44H28O/c1-3-12-29(13-4-1)31-22-24-32(25-23-31)42-34-16-7-9-18-36(34)43(37-19-10-8-17-35(37)42)38-20-11-21-41-44(38)39-28-33(26-27-40(39)45-41)30-14-5-2-6-15-30/h1-28H/i1D,3D,4D,12D,13D,22D,23D,24D,25D. The van der Waals surface area contributed by atoms with Crippen LogP contribution >= 0.6 is 0 Å². The second-order valence-corrected chi connectivity index (χ2v) is 10.9. The fraction of sp³-hybridized carbons (Fsp3) is 0. The molecule has 0 bridgehead atoms. The SMILES string of the molecule is [2H]c1c([2H])c([2H])c(-c2c([2H])c([2H])c(-c3c4ccccc4c(-c4cccc5oc6ccc(-c7ccccc7)cc6c45)c4ccccc34)c([2H])c2[2H])c([2H])c1[2H]. The average Bonchev–Trinajstić information content (AvgIpc) is 3.58. The summed E-state index contributed by atoms with van der Waals surface area (Å²) >= 11 is 0. The van der Waals surface area contributed by atoms with E-state index in [2.05, 4.69) is 30.3 Å². The lowest BCUT2D eigenvalue weighted by Gasteiger charge is -2.18. The highest BCUT2D eigenvalue weighted by Gasteiger charge is 2.20. The Hall–Kier alpha value is -5.92. The summed E-state index contributed by atoms with van der Waals surface area (Å²) in [7, 11) is 0. The molecule has 0 N–H and O–H groups in total. The van der Waals surface area contributed by atoms with Crippen LogP contribution in [0, 0.1) is 0 Å². The van der Waals surface area contributed by atoms with Crippen molar-refractivity contribution in [2.24, 2.45) is 0 Å². The molecule has 1 nitrogen and oxygen atoms in total. The molecular formula is C44H28O. The Labute approximate surface area is 274 Å². The van der Waals surface area contributed by atoms with Gasteiger partial charge in [-0.3, -0.25) is 0 Å². The van der Waals surface area contributed by atoms with Gasteiger partial charge in [0.05, 0.1) is 12.3 Å². The summed E-state index contributed by atoms with van der Waals surface area (Å²) in [6.07, 6.45) is 0. The minimum Gasteiger partial charge on any atom is -0.456 e. The molecule has 0 aliphatic heterocycles. The molecule has 0 unspecified atom stereocenters. The lowest BCUT2D eigenvalue weighted by molar-refractivity contribution is 0.669. The van der Waals surface area contributed by atoms with Gasteiger partial charge in [0, 0.05) is 10.8 Å². The molecule has 0 atom stereocenters. The molecule has 8 aromatic carbocycles. The van der Waals surface area contributed by atoms with Crippen LogP contribution in [0.1, 0.15) is 12.3 Å². The van der Waals surface area contributed by atoms with Gasteiger partial charge >= 0.3 is 0 Å². The lowest BCUT2D eigenvalue weighted by atomic mass is 9.84. The first kappa shape index (κ1) is 18.0. The molecule has 0 saturated heterocycles. The first-order valence-corrected chi connectivity index (χ1v) is 14.7. The predicted octanol–water partition coefficient (Wildman–Crippen LogP) is 12.6. The average molecular weight is 582 g/mol. The van der Waals surface area contributed by atoms with Crippen LogP contribution in [-0.4, -0.2) is 0 Å². The Kier molecular flexibility index (Phi) is 4.15. The summed E-state index contributed by atoms with van der Waals surface area (Å²) in [6.45, 7) is 0. The van der Waals surface area contributed by atoms with E-state index in [9.17, 15) is 2.74 Å². The van der Waals surface area contributed by atoms with Crippen molar-refractivity contribution in [3.8, 4) is 44.5 Å². The van der Waals surface area contributed by atoms with E-state index in [4.69, 9.17) is 14.0 Å². The van der Waals surface area contributed by atoms with Crippen LogP contribution in [0.2, 0.25) is 0 Å². The maximum atomic E-state index is 9.33. The molecule has 1 aromatic heterocycles. The van der Waals surface area contributed by atoms with Gasteiger partial charge in [-0.25, -0.2) is 0 Å². The Morgan fingerprint density at radius 1 is 0.378 bits per heavy atom. The number of hydrogen-bond acceptors (Lipinski definition) is 1. The Morgan fingerprint density at radius 2 is 0.978 bits per heavy atom. The monoisotopic (exact) mass is 581 g/mol. The summed E-state index contributed by atoms with van der Waals surface area (Å²) in [5.41, 5.74) is 5.34. The van der Waals surface area contributed by atoms with Crippen molar-refractivity contribution in [2.75, 3.05) is 0 Å². The van der Waals surface area contributed by atoms with Gasteiger partial charge in [0.2, 0.25) is 0 Å². The van der Waals surface area contributed by atoms with Crippen LogP contribution in [0.5, 0.6) is 0 Å². The number of rotatable bonds is 4. The molecule has 0 aliphatic rings. The molecule has 0 aliphatic carbocycles. The van der Waals surface area contributed by atoms with Gasteiger partial charge in [-0.1, -0.05) is 151 Å². The third-order valence-electron chi connectivity index (χ3n) is 8.43. The molecular weight excluding hydrogens is 544 g/mol. The molecule has 1 heterocycles. The topological polar surface area (TPSA) is 13.1 Å². The van der Waals surface area contributed by atoms with Crippen molar-refractivity contribution >= 4 is 43.5 Å². The molecule has 45 heavy (non-hydrogen) atoms. The minimum atomic E-state index is -0.615. The Balaban J connectivity index is 1.36. The normalized spacial score (nSPS) is 14.4. The highest BCUT2D eigenvalue weighted by atomic mass is 16.3. The quantitative estimate of drug-likeness (QED) is 0.188. The van der Waals surface area contributed by atoms with Gasteiger partial charge in [-0.15, -0.1) is 0 Å². The predicted molar refractivity (Wildman–Crippen MR) is 190 cm³/mol. The summed E-state index contributed by atoms with van der Waals surface area (Å²) in [6, 6.07) is 33.1. The number of benzene rings is 8. The number of hydrogen-bond donors (Lipinski definition) is 0. The molecule has 0 radical (unpaired) electrons. The first-order chi connectivity index (χ1) is 26.1. The van der Waals surface area contributed by atoms with E-state index >= 15 is 0 Å². The molecule has 9 aromatic rings. The van der Waals surface area contributed by atoms with Crippen LogP contribution in [0.4, 0.5) is 0 Å². The molecule has 0 saturated carbocycles.